The van der Waals surface area contributed by atoms with Crippen molar-refractivity contribution in [1.82, 2.24) is 10.2 Å². The Morgan fingerprint density at radius 2 is 1.81 bits per heavy atom. The first-order valence-electron chi connectivity index (χ1n) is 7.81. The number of hydrogen-bond donors (Lipinski definition) is 1. The predicted octanol–water partition coefficient (Wildman–Crippen LogP) is 4.24. The van der Waals surface area contributed by atoms with Gasteiger partial charge in [-0.15, -0.1) is 11.3 Å². The van der Waals surface area contributed by atoms with Gasteiger partial charge in [-0.3, -0.25) is 0 Å². The predicted molar refractivity (Wildman–Crippen MR) is 93.8 cm³/mol. The van der Waals surface area contributed by atoms with E-state index >= 15 is 0 Å². The Morgan fingerprint density at radius 1 is 1.10 bits per heavy atom. The molecule has 1 aromatic heterocycles. The molecule has 2 rings (SSSR count). The molecule has 0 aliphatic carbocycles. The molecule has 3 heteroatoms. The highest BCUT2D eigenvalue weighted by Crippen LogP contribution is 2.25. The Hall–Kier alpha value is -1.16. The maximum absolute atomic E-state index is 3.63. The topological polar surface area (TPSA) is 15.3 Å². The summed E-state index contributed by atoms with van der Waals surface area (Å²) < 4.78 is 0. The van der Waals surface area contributed by atoms with Gasteiger partial charge in [-0.2, -0.15) is 0 Å². The molecule has 0 aliphatic heterocycles. The zero-order valence-corrected chi connectivity index (χ0v) is 14.1. The number of nitrogens with one attached hydrogen (secondary N) is 1. The average molecular weight is 302 g/mol. The number of hydrogen-bond acceptors (Lipinski definition) is 3. The summed E-state index contributed by atoms with van der Waals surface area (Å²) in [5, 5.41) is 5.88. The third-order valence-corrected chi connectivity index (χ3v) is 4.75. The van der Waals surface area contributed by atoms with E-state index in [9.17, 15) is 0 Å². The third kappa shape index (κ3) is 4.95. The van der Waals surface area contributed by atoms with Gasteiger partial charge in [0.2, 0.25) is 0 Å². The van der Waals surface area contributed by atoms with Crippen LogP contribution >= 0.6 is 11.3 Å². The molecule has 0 saturated carbocycles. The molecular weight excluding hydrogens is 276 g/mol. The van der Waals surface area contributed by atoms with E-state index in [1.165, 1.54) is 16.0 Å². The molecule has 2 nitrogen and oxygen atoms in total. The zero-order chi connectivity index (χ0) is 15.1. The highest BCUT2D eigenvalue weighted by molar-refractivity contribution is 7.10. The van der Waals surface area contributed by atoms with E-state index in [1.54, 1.807) is 0 Å². The lowest BCUT2D eigenvalue weighted by Crippen LogP contribution is -2.38. The van der Waals surface area contributed by atoms with Crippen molar-refractivity contribution < 1.29 is 0 Å². The second-order valence-electron chi connectivity index (χ2n) is 5.44. The van der Waals surface area contributed by atoms with Crippen LogP contribution in [0.25, 0.3) is 11.1 Å². The SMILES string of the molecule is CCN(CC)CC(C)NCc1cc(-c2ccccc2)cs1. The fraction of sp³-hybridized carbons (Fsp3) is 0.444. The van der Waals surface area contributed by atoms with Crippen LogP contribution in [-0.2, 0) is 6.54 Å². The van der Waals surface area contributed by atoms with Gasteiger partial charge in [0.05, 0.1) is 0 Å². The Labute approximate surface area is 132 Å². The van der Waals surface area contributed by atoms with Crippen molar-refractivity contribution in [1.29, 1.82) is 0 Å². The van der Waals surface area contributed by atoms with Gasteiger partial charge in [-0.25, -0.2) is 0 Å². The summed E-state index contributed by atoms with van der Waals surface area (Å²) in [5.41, 5.74) is 2.63. The van der Waals surface area contributed by atoms with Gasteiger partial charge >= 0.3 is 0 Å². The standard InChI is InChI=1S/C18H26N2S/c1-4-20(5-2)13-15(3)19-12-18-11-17(14-21-18)16-9-7-6-8-10-16/h6-11,14-15,19H,4-5,12-13H2,1-3H3. The van der Waals surface area contributed by atoms with E-state index in [4.69, 9.17) is 0 Å². The maximum Gasteiger partial charge on any atom is 0.0302 e. The molecule has 21 heavy (non-hydrogen) atoms. The molecule has 1 N–H and O–H groups in total. The Bertz CT molecular complexity index is 517. The number of thiophene rings is 1. The minimum atomic E-state index is 0.521. The Kier molecular flexibility index (Phi) is 6.43. The molecule has 2 aromatic rings. The van der Waals surface area contributed by atoms with Crippen molar-refractivity contribution >= 4 is 11.3 Å². The summed E-state index contributed by atoms with van der Waals surface area (Å²) in [6, 6.07) is 13.4. The lowest BCUT2D eigenvalue weighted by molar-refractivity contribution is 0.271. The largest absolute Gasteiger partial charge is 0.308 e. The molecular formula is C18H26N2S. The van der Waals surface area contributed by atoms with E-state index in [-0.39, 0.29) is 0 Å². The van der Waals surface area contributed by atoms with Gasteiger partial charge in [0, 0.05) is 24.0 Å². The van der Waals surface area contributed by atoms with E-state index in [0.29, 0.717) is 6.04 Å². The number of rotatable bonds is 8. The van der Waals surface area contributed by atoms with Crippen LogP contribution in [0.4, 0.5) is 0 Å². The Balaban J connectivity index is 1.86. The number of likely N-dealkylation sites (N-methyl/N-ethyl adjacent to an activating group) is 1. The minimum Gasteiger partial charge on any atom is -0.308 e. The van der Waals surface area contributed by atoms with Crippen LogP contribution in [0.1, 0.15) is 25.6 Å². The van der Waals surface area contributed by atoms with Crippen molar-refractivity contribution in [2.24, 2.45) is 0 Å². The quantitative estimate of drug-likeness (QED) is 0.785. The van der Waals surface area contributed by atoms with Gasteiger partial charge in [0.15, 0.2) is 0 Å². The number of nitrogens with zero attached hydrogens (tertiary/aromatic N) is 1. The van der Waals surface area contributed by atoms with E-state index in [2.05, 4.69) is 72.8 Å². The smallest absolute Gasteiger partial charge is 0.0302 e. The summed E-state index contributed by atoms with van der Waals surface area (Å²) in [7, 11) is 0. The molecule has 0 spiro atoms. The molecule has 0 aliphatic rings. The van der Waals surface area contributed by atoms with Crippen LogP contribution in [0.5, 0.6) is 0 Å². The van der Waals surface area contributed by atoms with Gasteiger partial charge in [-0.1, -0.05) is 44.2 Å². The van der Waals surface area contributed by atoms with E-state index < -0.39 is 0 Å². The van der Waals surface area contributed by atoms with Gasteiger partial charge in [0.1, 0.15) is 0 Å². The monoisotopic (exact) mass is 302 g/mol. The maximum atomic E-state index is 3.63. The second-order valence-corrected chi connectivity index (χ2v) is 6.43. The summed E-state index contributed by atoms with van der Waals surface area (Å²) in [6.07, 6.45) is 0. The summed E-state index contributed by atoms with van der Waals surface area (Å²) in [5.74, 6) is 0. The first-order valence-corrected chi connectivity index (χ1v) is 8.69. The van der Waals surface area contributed by atoms with Gasteiger partial charge < -0.3 is 10.2 Å². The van der Waals surface area contributed by atoms with Crippen LogP contribution in [0, 0.1) is 0 Å². The van der Waals surface area contributed by atoms with Crippen LogP contribution in [0.2, 0.25) is 0 Å². The van der Waals surface area contributed by atoms with E-state index in [0.717, 1.165) is 26.2 Å². The summed E-state index contributed by atoms with van der Waals surface area (Å²) in [4.78, 5) is 3.86. The first kappa shape index (κ1) is 16.2. The fourth-order valence-corrected chi connectivity index (χ4v) is 3.31. The molecule has 0 bridgehead atoms. The van der Waals surface area contributed by atoms with Crippen LogP contribution in [-0.4, -0.2) is 30.6 Å². The van der Waals surface area contributed by atoms with Crippen molar-refractivity contribution in [3.8, 4) is 11.1 Å². The molecule has 0 fully saturated rings. The fourth-order valence-electron chi connectivity index (χ4n) is 2.46. The summed E-state index contributed by atoms with van der Waals surface area (Å²) >= 11 is 1.84. The molecule has 0 amide bonds. The molecule has 114 valence electrons. The highest BCUT2D eigenvalue weighted by Gasteiger charge is 2.08. The average Bonchev–Trinajstić information content (AvgIpc) is 3.00. The Morgan fingerprint density at radius 3 is 2.48 bits per heavy atom. The third-order valence-electron chi connectivity index (χ3n) is 3.81. The summed E-state index contributed by atoms with van der Waals surface area (Å²) in [6.45, 7) is 11.0. The van der Waals surface area contributed by atoms with E-state index in [1.807, 2.05) is 11.3 Å². The van der Waals surface area contributed by atoms with Crippen molar-refractivity contribution in [2.75, 3.05) is 19.6 Å². The van der Waals surface area contributed by atoms with Crippen molar-refractivity contribution in [2.45, 2.75) is 33.4 Å². The molecule has 1 atom stereocenters. The van der Waals surface area contributed by atoms with Crippen molar-refractivity contribution in [3.63, 3.8) is 0 Å². The molecule has 1 unspecified atom stereocenters. The van der Waals surface area contributed by atoms with Crippen molar-refractivity contribution in [3.05, 3.63) is 46.7 Å². The van der Waals surface area contributed by atoms with Gasteiger partial charge in [-0.05, 0) is 42.6 Å². The lowest BCUT2D eigenvalue weighted by Gasteiger charge is -2.23. The second kappa shape index (κ2) is 8.32. The molecule has 0 saturated heterocycles. The molecule has 1 aromatic carbocycles. The highest BCUT2D eigenvalue weighted by atomic mass is 32.1. The lowest BCUT2D eigenvalue weighted by atomic mass is 10.1. The first-order chi connectivity index (χ1) is 10.2. The van der Waals surface area contributed by atoms with Crippen LogP contribution in [0.3, 0.4) is 0 Å². The number of benzene rings is 1. The van der Waals surface area contributed by atoms with Crippen LogP contribution < -0.4 is 5.32 Å². The normalized spacial score (nSPS) is 12.8. The zero-order valence-electron chi connectivity index (χ0n) is 13.3. The molecule has 1 heterocycles. The van der Waals surface area contributed by atoms with Crippen LogP contribution in [0.15, 0.2) is 41.8 Å². The minimum absolute atomic E-state index is 0.521. The van der Waals surface area contributed by atoms with Gasteiger partial charge in [0.25, 0.3) is 0 Å². The molecule has 0 radical (unpaired) electrons.